The second kappa shape index (κ2) is 9.53. The molecule has 1 aliphatic heterocycles. The van der Waals surface area contributed by atoms with Gasteiger partial charge in [0.1, 0.15) is 5.75 Å². The average Bonchev–Trinajstić information content (AvgIpc) is 2.70. The van der Waals surface area contributed by atoms with E-state index in [1.807, 2.05) is 18.2 Å². The molecule has 1 amide bonds. The van der Waals surface area contributed by atoms with Gasteiger partial charge in [-0.1, -0.05) is 42.5 Å². The number of benzene rings is 2. The zero-order chi connectivity index (χ0) is 19.1. The van der Waals surface area contributed by atoms with Crippen LogP contribution in [0, 0.1) is 0 Å². The molecule has 0 spiro atoms. The Morgan fingerprint density at radius 2 is 1.85 bits per heavy atom. The molecular formula is C22H28N2O3. The Hall–Kier alpha value is -2.37. The molecule has 1 fully saturated rings. The fraction of sp³-hybridized carbons (Fsp3) is 0.409. The summed E-state index contributed by atoms with van der Waals surface area (Å²) in [6.07, 6.45) is 1.33. The maximum absolute atomic E-state index is 12.4. The topological polar surface area (TPSA) is 61.8 Å². The van der Waals surface area contributed by atoms with Crippen molar-refractivity contribution < 1.29 is 14.6 Å². The summed E-state index contributed by atoms with van der Waals surface area (Å²) in [7, 11) is 0. The van der Waals surface area contributed by atoms with Crippen molar-refractivity contribution in [2.75, 3.05) is 13.1 Å². The normalized spacial score (nSPS) is 16.7. The highest BCUT2D eigenvalue weighted by atomic mass is 16.5. The molecule has 144 valence electrons. The molecule has 27 heavy (non-hydrogen) atoms. The lowest BCUT2D eigenvalue weighted by Crippen LogP contribution is -2.47. The Labute approximate surface area is 161 Å². The van der Waals surface area contributed by atoms with E-state index in [9.17, 15) is 9.90 Å². The maximum atomic E-state index is 12.4. The molecule has 1 atom stereocenters. The van der Waals surface area contributed by atoms with E-state index < -0.39 is 6.10 Å². The first-order valence-electron chi connectivity index (χ1n) is 9.57. The van der Waals surface area contributed by atoms with Gasteiger partial charge in [-0.15, -0.1) is 0 Å². The molecule has 2 N–H and O–H groups in total. The summed E-state index contributed by atoms with van der Waals surface area (Å²) in [5.74, 6) is 0.507. The van der Waals surface area contributed by atoms with Crippen LogP contribution in [0.1, 0.15) is 30.9 Å². The van der Waals surface area contributed by atoms with Gasteiger partial charge in [-0.2, -0.15) is 0 Å². The van der Waals surface area contributed by atoms with Crippen LogP contribution in [0.4, 0.5) is 0 Å². The van der Waals surface area contributed by atoms with Gasteiger partial charge < -0.3 is 15.2 Å². The number of aliphatic hydroxyl groups excluding tert-OH is 1. The standard InChI is InChI=1S/C22H28N2O3/c1-17(27-21-9-5-8-19(14-21)16-25)22(26)23-20-10-12-24(13-11-20)15-18-6-3-2-4-7-18/h2-9,14,17,20,25H,10-13,15-16H2,1H3,(H,23,26). The van der Waals surface area contributed by atoms with Crippen molar-refractivity contribution in [3.8, 4) is 5.75 Å². The van der Waals surface area contributed by atoms with E-state index in [1.54, 1.807) is 19.1 Å². The monoisotopic (exact) mass is 368 g/mol. The smallest absolute Gasteiger partial charge is 0.260 e. The van der Waals surface area contributed by atoms with Crippen molar-refractivity contribution in [1.29, 1.82) is 0 Å². The number of carbonyl (C=O) groups is 1. The van der Waals surface area contributed by atoms with Crippen LogP contribution in [0.25, 0.3) is 0 Å². The fourth-order valence-corrected chi connectivity index (χ4v) is 3.37. The Kier molecular flexibility index (Phi) is 6.85. The largest absolute Gasteiger partial charge is 0.481 e. The molecular weight excluding hydrogens is 340 g/mol. The summed E-state index contributed by atoms with van der Waals surface area (Å²) >= 11 is 0. The van der Waals surface area contributed by atoms with Crippen molar-refractivity contribution in [2.24, 2.45) is 0 Å². The van der Waals surface area contributed by atoms with Crippen LogP contribution < -0.4 is 10.1 Å². The lowest BCUT2D eigenvalue weighted by atomic mass is 10.0. The molecule has 1 aliphatic rings. The number of ether oxygens (including phenoxy) is 1. The second-order valence-corrected chi connectivity index (χ2v) is 7.11. The fourth-order valence-electron chi connectivity index (χ4n) is 3.37. The van der Waals surface area contributed by atoms with Gasteiger partial charge in [-0.3, -0.25) is 9.69 Å². The summed E-state index contributed by atoms with van der Waals surface area (Å²) in [5, 5.41) is 12.3. The van der Waals surface area contributed by atoms with Gasteiger partial charge in [0, 0.05) is 25.7 Å². The van der Waals surface area contributed by atoms with E-state index >= 15 is 0 Å². The summed E-state index contributed by atoms with van der Waals surface area (Å²) in [6.45, 7) is 4.63. The van der Waals surface area contributed by atoms with Crippen molar-refractivity contribution in [3.05, 3.63) is 65.7 Å². The first-order valence-corrected chi connectivity index (χ1v) is 9.57. The van der Waals surface area contributed by atoms with Gasteiger partial charge in [0.25, 0.3) is 5.91 Å². The van der Waals surface area contributed by atoms with Gasteiger partial charge in [-0.25, -0.2) is 0 Å². The number of hydrogen-bond donors (Lipinski definition) is 2. The summed E-state index contributed by atoms with van der Waals surface area (Å²) in [6, 6.07) is 17.9. The molecule has 1 saturated heterocycles. The molecule has 3 rings (SSSR count). The SMILES string of the molecule is CC(Oc1cccc(CO)c1)C(=O)NC1CCN(Cc2ccccc2)CC1. The Morgan fingerprint density at radius 3 is 2.56 bits per heavy atom. The highest BCUT2D eigenvalue weighted by Gasteiger charge is 2.23. The molecule has 0 aromatic heterocycles. The number of aliphatic hydroxyl groups is 1. The van der Waals surface area contributed by atoms with Gasteiger partial charge in [0.05, 0.1) is 6.61 Å². The zero-order valence-corrected chi connectivity index (χ0v) is 15.8. The number of nitrogens with one attached hydrogen (secondary N) is 1. The number of amides is 1. The number of rotatable bonds is 7. The van der Waals surface area contributed by atoms with E-state index in [1.165, 1.54) is 5.56 Å². The van der Waals surface area contributed by atoms with E-state index in [-0.39, 0.29) is 18.6 Å². The minimum atomic E-state index is -0.568. The number of carbonyl (C=O) groups excluding carboxylic acids is 1. The molecule has 5 nitrogen and oxygen atoms in total. The summed E-state index contributed by atoms with van der Waals surface area (Å²) in [4.78, 5) is 14.9. The Balaban J connectivity index is 1.43. The summed E-state index contributed by atoms with van der Waals surface area (Å²) < 4.78 is 5.73. The Morgan fingerprint density at radius 1 is 1.15 bits per heavy atom. The predicted molar refractivity (Wildman–Crippen MR) is 105 cm³/mol. The lowest BCUT2D eigenvalue weighted by molar-refractivity contribution is -0.128. The quantitative estimate of drug-likeness (QED) is 0.789. The van der Waals surface area contributed by atoms with Crippen LogP contribution in [0.3, 0.4) is 0 Å². The minimum absolute atomic E-state index is 0.0423. The molecule has 1 heterocycles. The van der Waals surface area contributed by atoms with Crippen LogP contribution in [0.15, 0.2) is 54.6 Å². The number of hydrogen-bond acceptors (Lipinski definition) is 4. The molecule has 0 saturated carbocycles. The molecule has 5 heteroatoms. The highest BCUT2D eigenvalue weighted by molar-refractivity contribution is 5.81. The third-order valence-corrected chi connectivity index (χ3v) is 4.95. The van der Waals surface area contributed by atoms with Gasteiger partial charge >= 0.3 is 0 Å². The van der Waals surface area contributed by atoms with Gasteiger partial charge in [-0.05, 0) is 43.0 Å². The van der Waals surface area contributed by atoms with Crippen LogP contribution >= 0.6 is 0 Å². The van der Waals surface area contributed by atoms with Crippen molar-refractivity contribution >= 4 is 5.91 Å². The van der Waals surface area contributed by atoms with Crippen molar-refractivity contribution in [3.63, 3.8) is 0 Å². The maximum Gasteiger partial charge on any atom is 0.260 e. The number of nitrogens with zero attached hydrogens (tertiary/aromatic N) is 1. The highest BCUT2D eigenvalue weighted by Crippen LogP contribution is 2.17. The lowest BCUT2D eigenvalue weighted by Gasteiger charge is -2.32. The molecule has 1 unspecified atom stereocenters. The van der Waals surface area contributed by atoms with Crippen molar-refractivity contribution in [1.82, 2.24) is 10.2 Å². The predicted octanol–water partition coefficient (Wildman–Crippen LogP) is 2.73. The van der Waals surface area contributed by atoms with Gasteiger partial charge in [0.15, 0.2) is 6.10 Å². The number of piperidine rings is 1. The van der Waals surface area contributed by atoms with E-state index in [4.69, 9.17) is 4.74 Å². The molecule has 2 aromatic carbocycles. The third-order valence-electron chi connectivity index (χ3n) is 4.95. The van der Waals surface area contributed by atoms with Crippen LogP contribution in [-0.2, 0) is 17.9 Å². The molecule has 0 bridgehead atoms. The first kappa shape index (κ1) is 19.4. The van der Waals surface area contributed by atoms with E-state index in [0.717, 1.165) is 38.0 Å². The Bertz CT molecular complexity index is 727. The minimum Gasteiger partial charge on any atom is -0.481 e. The summed E-state index contributed by atoms with van der Waals surface area (Å²) in [5.41, 5.74) is 2.10. The third kappa shape index (κ3) is 5.81. The average molecular weight is 368 g/mol. The number of likely N-dealkylation sites (tertiary alicyclic amines) is 1. The van der Waals surface area contributed by atoms with Crippen LogP contribution in [0.2, 0.25) is 0 Å². The van der Waals surface area contributed by atoms with Crippen LogP contribution in [0.5, 0.6) is 5.75 Å². The molecule has 0 radical (unpaired) electrons. The van der Waals surface area contributed by atoms with Crippen LogP contribution in [-0.4, -0.2) is 41.1 Å². The molecule has 0 aliphatic carbocycles. The van der Waals surface area contributed by atoms with E-state index in [0.29, 0.717) is 5.75 Å². The first-order chi connectivity index (χ1) is 13.1. The van der Waals surface area contributed by atoms with Gasteiger partial charge in [0.2, 0.25) is 0 Å². The second-order valence-electron chi connectivity index (χ2n) is 7.11. The zero-order valence-electron chi connectivity index (χ0n) is 15.8. The van der Waals surface area contributed by atoms with E-state index in [2.05, 4.69) is 34.5 Å². The molecule has 2 aromatic rings. The van der Waals surface area contributed by atoms with Crippen molar-refractivity contribution in [2.45, 2.75) is 45.1 Å².